The molecule has 0 saturated heterocycles. The molecule has 3 nitrogen and oxygen atoms in total. The number of carbonyl (C=O) groups excluding carboxylic acids is 1. The molecular weight excluding hydrogens is 247 g/mol. The van der Waals surface area contributed by atoms with E-state index in [-0.39, 0.29) is 25.4 Å². The third-order valence-electron chi connectivity index (χ3n) is 2.18. The van der Waals surface area contributed by atoms with Crippen molar-refractivity contribution in [2.45, 2.75) is 12.6 Å². The van der Waals surface area contributed by atoms with Crippen molar-refractivity contribution in [2.75, 3.05) is 19.8 Å². The minimum absolute atomic E-state index is 0.0749. The van der Waals surface area contributed by atoms with Gasteiger partial charge >= 0.3 is 6.18 Å². The Balaban J connectivity index is 2.60. The summed E-state index contributed by atoms with van der Waals surface area (Å²) in [5.41, 5.74) is 4.74. The van der Waals surface area contributed by atoms with Crippen molar-refractivity contribution in [1.29, 1.82) is 0 Å². The van der Waals surface area contributed by atoms with Gasteiger partial charge in [-0.1, -0.05) is 18.2 Å². The Bertz CT molecular complexity index is 405. The van der Waals surface area contributed by atoms with Crippen LogP contribution in [-0.2, 0) is 22.1 Å². The summed E-state index contributed by atoms with van der Waals surface area (Å²) in [6, 6.07) is 4.71. The highest BCUT2D eigenvalue weighted by Gasteiger charge is 2.30. The van der Waals surface area contributed by atoms with Crippen molar-refractivity contribution in [3.05, 3.63) is 35.4 Å². The molecule has 0 atom stereocenters. The number of carbonyl (C=O) groups is 1. The summed E-state index contributed by atoms with van der Waals surface area (Å²) in [5, 5.41) is 0. The first-order chi connectivity index (χ1) is 8.43. The molecule has 0 amide bonds. The lowest BCUT2D eigenvalue weighted by atomic mass is 10.1. The zero-order chi connectivity index (χ0) is 13.6. The van der Waals surface area contributed by atoms with Gasteiger partial charge in [-0.15, -0.1) is 0 Å². The molecule has 1 rings (SSSR count). The van der Waals surface area contributed by atoms with Crippen LogP contribution >= 0.6 is 0 Å². The zero-order valence-corrected chi connectivity index (χ0v) is 9.67. The third-order valence-corrected chi connectivity index (χ3v) is 2.18. The Morgan fingerprint density at radius 1 is 1.33 bits per heavy atom. The molecule has 1 aromatic rings. The van der Waals surface area contributed by atoms with E-state index >= 15 is 0 Å². The second kappa shape index (κ2) is 6.51. The summed E-state index contributed by atoms with van der Waals surface area (Å²) in [6.45, 7) is 0.429. The van der Waals surface area contributed by atoms with Crippen LogP contribution in [0.2, 0.25) is 0 Å². The van der Waals surface area contributed by atoms with E-state index in [1.54, 1.807) is 0 Å². The van der Waals surface area contributed by atoms with Gasteiger partial charge in [0, 0.05) is 13.0 Å². The first kappa shape index (κ1) is 14.7. The molecule has 0 fully saturated rings. The van der Waals surface area contributed by atoms with Crippen molar-refractivity contribution in [2.24, 2.45) is 5.73 Å². The van der Waals surface area contributed by atoms with E-state index in [4.69, 9.17) is 10.5 Å². The number of ether oxygens (including phenoxy) is 1. The average Bonchev–Trinajstić information content (AvgIpc) is 2.28. The predicted molar refractivity (Wildman–Crippen MR) is 60.0 cm³/mol. The maximum absolute atomic E-state index is 12.4. The topological polar surface area (TPSA) is 52.3 Å². The van der Waals surface area contributed by atoms with Crippen molar-refractivity contribution in [3.63, 3.8) is 0 Å². The van der Waals surface area contributed by atoms with E-state index in [9.17, 15) is 18.0 Å². The lowest BCUT2D eigenvalue weighted by Gasteiger charge is -2.08. The Labute approximate surface area is 103 Å². The second-order valence-electron chi connectivity index (χ2n) is 3.75. The van der Waals surface area contributed by atoms with Gasteiger partial charge in [-0.25, -0.2) is 0 Å². The van der Waals surface area contributed by atoms with Gasteiger partial charge in [-0.2, -0.15) is 13.2 Å². The first-order valence-electron chi connectivity index (χ1n) is 5.39. The standard InChI is InChI=1S/C12H14F3NO2/c13-12(14,15)10-3-1-2-9(6-10)7-11(17)8-18-5-4-16/h1-3,6H,4-5,7-8,16H2. The molecule has 18 heavy (non-hydrogen) atoms. The molecule has 100 valence electrons. The lowest BCUT2D eigenvalue weighted by molar-refractivity contribution is -0.137. The molecule has 0 unspecified atom stereocenters. The largest absolute Gasteiger partial charge is 0.416 e. The van der Waals surface area contributed by atoms with Crippen LogP contribution < -0.4 is 5.73 Å². The summed E-state index contributed by atoms with van der Waals surface area (Å²) in [4.78, 5) is 11.4. The van der Waals surface area contributed by atoms with Crippen LogP contribution in [0.15, 0.2) is 24.3 Å². The molecule has 0 aliphatic carbocycles. The van der Waals surface area contributed by atoms with Crippen molar-refractivity contribution in [3.8, 4) is 0 Å². The molecule has 0 aliphatic heterocycles. The smallest absolute Gasteiger partial charge is 0.372 e. The highest BCUT2D eigenvalue weighted by molar-refractivity contribution is 5.82. The number of Topliss-reactive ketones (excluding diaryl/α,β-unsaturated/α-hetero) is 1. The fourth-order valence-corrected chi connectivity index (χ4v) is 1.41. The summed E-state index contributed by atoms with van der Waals surface area (Å²) in [6.07, 6.45) is -4.47. The average molecular weight is 261 g/mol. The molecule has 1 aromatic carbocycles. The maximum Gasteiger partial charge on any atom is 0.416 e. The molecule has 0 bridgehead atoms. The van der Waals surface area contributed by atoms with Gasteiger partial charge in [0.1, 0.15) is 6.61 Å². The van der Waals surface area contributed by atoms with E-state index in [0.717, 1.165) is 12.1 Å². The summed E-state index contributed by atoms with van der Waals surface area (Å²) in [5.74, 6) is -0.275. The number of hydrogen-bond donors (Lipinski definition) is 1. The normalized spacial score (nSPS) is 11.6. The minimum Gasteiger partial charge on any atom is -0.372 e. The highest BCUT2D eigenvalue weighted by Crippen LogP contribution is 2.29. The molecule has 0 heterocycles. The van der Waals surface area contributed by atoms with Crippen LogP contribution in [0.3, 0.4) is 0 Å². The number of benzene rings is 1. The van der Waals surface area contributed by atoms with E-state index in [1.165, 1.54) is 12.1 Å². The number of hydrogen-bond acceptors (Lipinski definition) is 3. The quantitative estimate of drug-likeness (QED) is 0.794. The molecular formula is C12H14F3NO2. The zero-order valence-electron chi connectivity index (χ0n) is 9.67. The van der Waals surface area contributed by atoms with Crippen LogP contribution in [0.4, 0.5) is 13.2 Å². The van der Waals surface area contributed by atoms with E-state index < -0.39 is 11.7 Å². The fourth-order valence-electron chi connectivity index (χ4n) is 1.41. The fraction of sp³-hybridized carbons (Fsp3) is 0.417. The van der Waals surface area contributed by atoms with E-state index in [1.807, 2.05) is 0 Å². The number of alkyl halides is 3. The van der Waals surface area contributed by atoms with Gasteiger partial charge in [0.15, 0.2) is 5.78 Å². The number of halogens is 3. The Kier molecular flexibility index (Phi) is 5.30. The Hall–Kier alpha value is -1.40. The number of rotatable bonds is 6. The lowest BCUT2D eigenvalue weighted by Crippen LogP contribution is -2.16. The van der Waals surface area contributed by atoms with Gasteiger partial charge < -0.3 is 10.5 Å². The summed E-state index contributed by atoms with van der Waals surface area (Å²) >= 11 is 0. The van der Waals surface area contributed by atoms with Crippen molar-refractivity contribution >= 4 is 5.78 Å². The van der Waals surface area contributed by atoms with Crippen molar-refractivity contribution in [1.82, 2.24) is 0 Å². The van der Waals surface area contributed by atoms with E-state index in [0.29, 0.717) is 12.1 Å². The molecule has 0 radical (unpaired) electrons. The second-order valence-corrected chi connectivity index (χ2v) is 3.75. The van der Waals surface area contributed by atoms with Crippen LogP contribution in [-0.4, -0.2) is 25.5 Å². The number of nitrogens with two attached hydrogens (primary N) is 1. The summed E-state index contributed by atoms with van der Waals surface area (Å²) in [7, 11) is 0. The van der Waals surface area contributed by atoms with Gasteiger partial charge in [0.05, 0.1) is 12.2 Å². The molecule has 2 N–H and O–H groups in total. The van der Waals surface area contributed by atoms with Gasteiger partial charge in [0.2, 0.25) is 0 Å². The third kappa shape index (κ3) is 4.85. The van der Waals surface area contributed by atoms with Gasteiger partial charge in [0.25, 0.3) is 0 Å². The Morgan fingerprint density at radius 3 is 2.67 bits per heavy atom. The van der Waals surface area contributed by atoms with Gasteiger partial charge in [-0.3, -0.25) is 4.79 Å². The van der Waals surface area contributed by atoms with Crippen LogP contribution in [0.5, 0.6) is 0 Å². The molecule has 0 aliphatic rings. The SMILES string of the molecule is NCCOCC(=O)Cc1cccc(C(F)(F)F)c1. The molecule has 0 aromatic heterocycles. The van der Waals surface area contributed by atoms with Gasteiger partial charge in [-0.05, 0) is 11.6 Å². The summed E-state index contributed by atoms with van der Waals surface area (Å²) < 4.78 is 42.2. The monoisotopic (exact) mass is 261 g/mol. The van der Waals surface area contributed by atoms with Crippen LogP contribution in [0.1, 0.15) is 11.1 Å². The molecule has 0 saturated carbocycles. The minimum atomic E-state index is -4.39. The van der Waals surface area contributed by atoms with Crippen molar-refractivity contribution < 1.29 is 22.7 Å². The first-order valence-corrected chi connectivity index (χ1v) is 5.39. The highest BCUT2D eigenvalue weighted by atomic mass is 19.4. The predicted octanol–water partition coefficient (Wildman–Crippen LogP) is 1.79. The number of ketones is 1. The Morgan fingerprint density at radius 2 is 2.06 bits per heavy atom. The molecule has 6 heteroatoms. The van der Waals surface area contributed by atoms with E-state index in [2.05, 4.69) is 0 Å². The molecule has 0 spiro atoms. The maximum atomic E-state index is 12.4. The van der Waals surface area contributed by atoms with Crippen LogP contribution in [0, 0.1) is 0 Å². The van der Waals surface area contributed by atoms with Crippen LogP contribution in [0.25, 0.3) is 0 Å².